The molecule has 6 heteroatoms. The first kappa shape index (κ1) is 15.1. The number of urea groups is 1. The van der Waals surface area contributed by atoms with Crippen LogP contribution in [0.1, 0.15) is 32.6 Å². The highest BCUT2D eigenvalue weighted by Gasteiger charge is 2.42. The molecule has 2 heterocycles. The molecule has 0 aromatic carbocycles. The van der Waals surface area contributed by atoms with Gasteiger partial charge < -0.3 is 20.3 Å². The minimum absolute atomic E-state index is 0.00534. The third kappa shape index (κ3) is 3.85. The SMILES string of the molecule is CCCNC(=O)CCNC(=O)N1CC[C@]2(CCOC2)C1. The molecule has 1 atom stereocenters. The van der Waals surface area contributed by atoms with Crippen LogP contribution in [0.15, 0.2) is 0 Å². The van der Waals surface area contributed by atoms with Gasteiger partial charge in [-0.25, -0.2) is 4.79 Å². The Bertz CT molecular complexity index is 354. The Kier molecular flexibility index (Phi) is 5.23. The minimum atomic E-state index is -0.0583. The summed E-state index contributed by atoms with van der Waals surface area (Å²) in [6.07, 6.45) is 3.34. The van der Waals surface area contributed by atoms with Gasteiger partial charge in [0, 0.05) is 44.6 Å². The first-order valence-electron chi connectivity index (χ1n) is 7.52. The van der Waals surface area contributed by atoms with Crippen molar-refractivity contribution >= 4 is 11.9 Å². The van der Waals surface area contributed by atoms with E-state index >= 15 is 0 Å². The highest BCUT2D eigenvalue weighted by atomic mass is 16.5. The smallest absolute Gasteiger partial charge is 0.317 e. The Morgan fingerprint density at radius 3 is 2.80 bits per heavy atom. The summed E-state index contributed by atoms with van der Waals surface area (Å²) in [6.45, 7) is 6.26. The van der Waals surface area contributed by atoms with Crippen LogP contribution >= 0.6 is 0 Å². The Hall–Kier alpha value is -1.30. The molecular weight excluding hydrogens is 258 g/mol. The van der Waals surface area contributed by atoms with Crippen LogP contribution in [-0.4, -0.2) is 56.2 Å². The average Bonchev–Trinajstić information content (AvgIpc) is 3.07. The van der Waals surface area contributed by atoms with Crippen molar-refractivity contribution < 1.29 is 14.3 Å². The van der Waals surface area contributed by atoms with E-state index in [0.29, 0.717) is 19.5 Å². The van der Waals surface area contributed by atoms with E-state index < -0.39 is 0 Å². The van der Waals surface area contributed by atoms with Crippen LogP contribution in [0, 0.1) is 5.41 Å². The summed E-state index contributed by atoms with van der Waals surface area (Å²) in [5.41, 5.74) is 0.190. The van der Waals surface area contributed by atoms with Crippen molar-refractivity contribution in [3.8, 4) is 0 Å². The number of carbonyl (C=O) groups excluding carboxylic acids is 2. The number of rotatable bonds is 5. The van der Waals surface area contributed by atoms with Gasteiger partial charge in [0.15, 0.2) is 0 Å². The fourth-order valence-corrected chi connectivity index (χ4v) is 2.83. The Morgan fingerprint density at radius 1 is 1.25 bits per heavy atom. The van der Waals surface area contributed by atoms with E-state index in [1.165, 1.54) is 0 Å². The monoisotopic (exact) mass is 283 g/mol. The van der Waals surface area contributed by atoms with Crippen molar-refractivity contribution in [1.82, 2.24) is 15.5 Å². The maximum atomic E-state index is 12.0. The largest absolute Gasteiger partial charge is 0.381 e. The van der Waals surface area contributed by atoms with Crippen molar-refractivity contribution in [2.75, 3.05) is 39.4 Å². The molecule has 2 aliphatic rings. The van der Waals surface area contributed by atoms with Gasteiger partial charge in [-0.05, 0) is 19.3 Å². The van der Waals surface area contributed by atoms with Crippen LogP contribution in [0.2, 0.25) is 0 Å². The number of nitrogens with one attached hydrogen (secondary N) is 2. The van der Waals surface area contributed by atoms with E-state index in [4.69, 9.17) is 4.74 Å². The lowest BCUT2D eigenvalue weighted by Crippen LogP contribution is -2.41. The molecule has 2 rings (SSSR count). The molecule has 0 unspecified atom stereocenters. The van der Waals surface area contributed by atoms with Crippen molar-refractivity contribution in [3.63, 3.8) is 0 Å². The van der Waals surface area contributed by atoms with Crippen LogP contribution in [0.4, 0.5) is 4.79 Å². The standard InChI is InChI=1S/C14H25N3O3/c1-2-6-15-12(18)3-7-16-13(19)17-8-4-14(10-17)5-9-20-11-14/h2-11H2,1H3,(H,15,18)(H,16,19)/t14-/m0/s1. The quantitative estimate of drug-likeness (QED) is 0.781. The number of nitrogens with zero attached hydrogens (tertiary/aromatic N) is 1. The molecule has 3 amide bonds. The first-order valence-corrected chi connectivity index (χ1v) is 7.52. The van der Waals surface area contributed by atoms with E-state index in [1.807, 2.05) is 11.8 Å². The van der Waals surface area contributed by atoms with Crippen LogP contribution in [-0.2, 0) is 9.53 Å². The number of likely N-dealkylation sites (tertiary alicyclic amines) is 1. The van der Waals surface area contributed by atoms with Crippen molar-refractivity contribution in [2.24, 2.45) is 5.41 Å². The predicted molar refractivity (Wildman–Crippen MR) is 75.4 cm³/mol. The van der Waals surface area contributed by atoms with E-state index in [2.05, 4.69) is 10.6 Å². The molecule has 0 aromatic rings. The second kappa shape index (κ2) is 6.92. The average molecular weight is 283 g/mol. The molecule has 0 aromatic heterocycles. The number of carbonyl (C=O) groups is 2. The normalized spacial score (nSPS) is 25.1. The highest BCUT2D eigenvalue weighted by molar-refractivity contribution is 5.78. The molecule has 20 heavy (non-hydrogen) atoms. The zero-order chi connectivity index (χ0) is 14.4. The molecular formula is C14H25N3O3. The Morgan fingerprint density at radius 2 is 2.10 bits per heavy atom. The molecule has 2 fully saturated rings. The lowest BCUT2D eigenvalue weighted by Gasteiger charge is -2.22. The maximum Gasteiger partial charge on any atom is 0.317 e. The van der Waals surface area contributed by atoms with Crippen molar-refractivity contribution in [3.05, 3.63) is 0 Å². The number of amides is 3. The summed E-state index contributed by atoms with van der Waals surface area (Å²) in [7, 11) is 0. The van der Waals surface area contributed by atoms with Gasteiger partial charge in [-0.2, -0.15) is 0 Å². The zero-order valence-electron chi connectivity index (χ0n) is 12.2. The highest BCUT2D eigenvalue weighted by Crippen LogP contribution is 2.37. The van der Waals surface area contributed by atoms with Gasteiger partial charge in [-0.3, -0.25) is 4.79 Å². The summed E-state index contributed by atoms with van der Waals surface area (Å²) >= 11 is 0. The fraction of sp³-hybridized carbons (Fsp3) is 0.857. The third-order valence-electron chi connectivity index (χ3n) is 4.11. The summed E-state index contributed by atoms with van der Waals surface area (Å²) in [5.74, 6) is -0.00534. The van der Waals surface area contributed by atoms with Gasteiger partial charge in [-0.15, -0.1) is 0 Å². The summed E-state index contributed by atoms with van der Waals surface area (Å²) < 4.78 is 5.45. The van der Waals surface area contributed by atoms with Gasteiger partial charge >= 0.3 is 6.03 Å². The van der Waals surface area contributed by atoms with Crippen molar-refractivity contribution in [1.29, 1.82) is 0 Å². The second-order valence-electron chi connectivity index (χ2n) is 5.81. The Labute approximate surface area is 120 Å². The third-order valence-corrected chi connectivity index (χ3v) is 4.11. The lowest BCUT2D eigenvalue weighted by atomic mass is 9.87. The number of hydrogen-bond donors (Lipinski definition) is 2. The van der Waals surface area contributed by atoms with Crippen LogP contribution in [0.5, 0.6) is 0 Å². The van der Waals surface area contributed by atoms with Gasteiger partial charge in [0.2, 0.25) is 5.91 Å². The van der Waals surface area contributed by atoms with Gasteiger partial charge in [-0.1, -0.05) is 6.92 Å². The molecule has 1 spiro atoms. The Balaban J connectivity index is 1.64. The fourth-order valence-electron chi connectivity index (χ4n) is 2.83. The van der Waals surface area contributed by atoms with Crippen molar-refractivity contribution in [2.45, 2.75) is 32.6 Å². The molecule has 0 radical (unpaired) electrons. The number of hydrogen-bond acceptors (Lipinski definition) is 3. The minimum Gasteiger partial charge on any atom is -0.381 e. The molecule has 0 aliphatic carbocycles. The van der Waals surface area contributed by atoms with E-state index in [-0.39, 0.29) is 17.4 Å². The molecule has 0 bridgehead atoms. The van der Waals surface area contributed by atoms with Gasteiger partial charge in [0.05, 0.1) is 6.61 Å². The van der Waals surface area contributed by atoms with E-state index in [1.54, 1.807) is 0 Å². The molecule has 6 nitrogen and oxygen atoms in total. The van der Waals surface area contributed by atoms with Crippen LogP contribution in [0.3, 0.4) is 0 Å². The molecule has 2 N–H and O–H groups in total. The van der Waals surface area contributed by atoms with Gasteiger partial charge in [0.1, 0.15) is 0 Å². The summed E-state index contributed by atoms with van der Waals surface area (Å²) in [6, 6.07) is -0.0583. The molecule has 2 saturated heterocycles. The van der Waals surface area contributed by atoms with Crippen LogP contribution < -0.4 is 10.6 Å². The summed E-state index contributed by atoms with van der Waals surface area (Å²) in [4.78, 5) is 25.3. The van der Waals surface area contributed by atoms with Gasteiger partial charge in [0.25, 0.3) is 0 Å². The zero-order valence-corrected chi connectivity index (χ0v) is 12.2. The first-order chi connectivity index (χ1) is 9.65. The second-order valence-corrected chi connectivity index (χ2v) is 5.81. The predicted octanol–water partition coefficient (Wildman–Crippen LogP) is 0.725. The molecule has 0 saturated carbocycles. The molecule has 2 aliphatic heterocycles. The maximum absolute atomic E-state index is 12.0. The topological polar surface area (TPSA) is 70.7 Å². The van der Waals surface area contributed by atoms with E-state index in [9.17, 15) is 9.59 Å². The van der Waals surface area contributed by atoms with Crippen LogP contribution in [0.25, 0.3) is 0 Å². The van der Waals surface area contributed by atoms with E-state index in [0.717, 1.165) is 45.6 Å². The lowest BCUT2D eigenvalue weighted by molar-refractivity contribution is -0.120. The molecule has 114 valence electrons. The number of ether oxygens (including phenoxy) is 1. The summed E-state index contributed by atoms with van der Waals surface area (Å²) in [5, 5.41) is 5.62.